The van der Waals surface area contributed by atoms with Gasteiger partial charge in [-0.05, 0) is 63.5 Å². The van der Waals surface area contributed by atoms with Gasteiger partial charge in [0.15, 0.2) is 0 Å². The molecule has 1 rings (SSSR count). The van der Waals surface area contributed by atoms with Crippen molar-refractivity contribution >= 4 is 17.8 Å². The predicted octanol–water partition coefficient (Wildman–Crippen LogP) is 6.64. The van der Waals surface area contributed by atoms with Gasteiger partial charge in [-0.3, -0.25) is 14.6 Å². The van der Waals surface area contributed by atoms with Gasteiger partial charge >= 0.3 is 5.97 Å². The number of hydroxylamine groups is 1. The summed E-state index contributed by atoms with van der Waals surface area (Å²) in [6.07, 6.45) is 35.2. The standard InChI is InChI=1S/C32H43N3O4/c1-3-5-6-7-8-9-10-11-12-13-14-15-16-17-18-19-20-21-22-25-30(36)35-39-32(38)29(4-2)34-31(37)28-24-23-26-33-27-28/h5-6,8-9,11-12,14-15,17-18,20-21,23-24,26-27,29H,3-4,7,10,13,16,19,22,25H2,1-2H3,(H,34,37)(H,35,36). The third-order valence-electron chi connectivity index (χ3n) is 5.32. The van der Waals surface area contributed by atoms with Crippen molar-refractivity contribution in [2.24, 2.45) is 0 Å². The molecule has 0 fully saturated rings. The van der Waals surface area contributed by atoms with Gasteiger partial charge in [-0.15, -0.1) is 0 Å². The van der Waals surface area contributed by atoms with Crippen molar-refractivity contribution in [3.05, 3.63) is 103 Å². The monoisotopic (exact) mass is 533 g/mol. The minimum Gasteiger partial charge on any atom is -0.338 e. The molecular weight excluding hydrogens is 490 g/mol. The molecule has 39 heavy (non-hydrogen) atoms. The average molecular weight is 534 g/mol. The molecule has 210 valence electrons. The molecule has 2 N–H and O–H groups in total. The number of nitrogens with one attached hydrogen (secondary N) is 2. The van der Waals surface area contributed by atoms with Crippen LogP contribution in [0.1, 0.15) is 82.0 Å². The number of carbonyl (C=O) groups is 3. The summed E-state index contributed by atoms with van der Waals surface area (Å²) in [5.41, 5.74) is 2.49. The van der Waals surface area contributed by atoms with Crippen LogP contribution in [0.3, 0.4) is 0 Å². The van der Waals surface area contributed by atoms with E-state index in [1.807, 2.05) is 12.2 Å². The molecule has 0 aromatic carbocycles. The second-order valence-corrected chi connectivity index (χ2v) is 8.58. The van der Waals surface area contributed by atoms with Crippen molar-refractivity contribution in [1.29, 1.82) is 0 Å². The van der Waals surface area contributed by atoms with Crippen molar-refractivity contribution in [2.75, 3.05) is 0 Å². The Kier molecular flexibility index (Phi) is 19.6. The van der Waals surface area contributed by atoms with E-state index in [2.05, 4.69) is 83.5 Å². The molecule has 1 unspecified atom stereocenters. The Hall–Kier alpha value is -4.00. The molecule has 1 aromatic rings. The van der Waals surface area contributed by atoms with Crippen LogP contribution < -0.4 is 10.8 Å². The fraction of sp³-hybridized carbons (Fsp3) is 0.375. The van der Waals surface area contributed by atoms with Crippen LogP contribution in [0.5, 0.6) is 0 Å². The zero-order chi connectivity index (χ0) is 28.4. The van der Waals surface area contributed by atoms with Crippen LogP contribution in [0, 0.1) is 0 Å². The van der Waals surface area contributed by atoms with Gasteiger partial charge in [-0.1, -0.05) is 86.8 Å². The summed E-state index contributed by atoms with van der Waals surface area (Å²) in [4.78, 5) is 45.1. The number of aromatic nitrogens is 1. The first-order valence-corrected chi connectivity index (χ1v) is 13.7. The number of allylic oxidation sites excluding steroid dienone is 12. The largest absolute Gasteiger partial charge is 0.354 e. The molecule has 0 radical (unpaired) electrons. The van der Waals surface area contributed by atoms with E-state index in [0.717, 1.165) is 38.5 Å². The van der Waals surface area contributed by atoms with E-state index in [4.69, 9.17) is 4.84 Å². The van der Waals surface area contributed by atoms with Crippen molar-refractivity contribution in [3.63, 3.8) is 0 Å². The van der Waals surface area contributed by atoms with E-state index < -0.39 is 23.8 Å². The Bertz CT molecular complexity index is 1010. The average Bonchev–Trinajstić information content (AvgIpc) is 2.96. The summed E-state index contributed by atoms with van der Waals surface area (Å²) in [7, 11) is 0. The summed E-state index contributed by atoms with van der Waals surface area (Å²) in [5.74, 6) is -1.57. The molecule has 0 saturated heterocycles. The highest BCUT2D eigenvalue weighted by atomic mass is 16.7. The normalized spacial score (nSPS) is 12.9. The predicted molar refractivity (Wildman–Crippen MR) is 157 cm³/mol. The SMILES string of the molecule is CCC=CCC=CCC=CCC=CCC=CCC=CCCC(=O)NOC(=O)C(CC)NC(=O)c1cccnc1. The first-order chi connectivity index (χ1) is 19.1. The van der Waals surface area contributed by atoms with Crippen molar-refractivity contribution in [3.8, 4) is 0 Å². The van der Waals surface area contributed by atoms with Gasteiger partial charge in [0, 0.05) is 18.8 Å². The number of hydrogen-bond acceptors (Lipinski definition) is 5. The third-order valence-corrected chi connectivity index (χ3v) is 5.32. The molecule has 1 aromatic heterocycles. The summed E-state index contributed by atoms with van der Waals surface area (Å²) < 4.78 is 0. The smallest absolute Gasteiger partial charge is 0.338 e. The molecule has 2 amide bonds. The fourth-order valence-electron chi connectivity index (χ4n) is 3.15. The van der Waals surface area contributed by atoms with Gasteiger partial charge in [-0.2, -0.15) is 5.48 Å². The summed E-state index contributed by atoms with van der Waals surface area (Å²) in [6.45, 7) is 3.87. The lowest BCUT2D eigenvalue weighted by Crippen LogP contribution is -2.44. The number of hydrogen-bond donors (Lipinski definition) is 2. The maximum absolute atomic E-state index is 12.2. The third kappa shape index (κ3) is 18.0. The Morgan fingerprint density at radius 3 is 1.85 bits per heavy atom. The highest BCUT2D eigenvalue weighted by Crippen LogP contribution is 2.01. The summed E-state index contributed by atoms with van der Waals surface area (Å²) >= 11 is 0. The quantitative estimate of drug-likeness (QED) is 0.163. The van der Waals surface area contributed by atoms with Gasteiger partial charge in [0.25, 0.3) is 11.8 Å². The van der Waals surface area contributed by atoms with E-state index in [-0.39, 0.29) is 6.42 Å². The first-order valence-electron chi connectivity index (χ1n) is 13.7. The van der Waals surface area contributed by atoms with Crippen LogP contribution in [-0.2, 0) is 14.4 Å². The summed E-state index contributed by atoms with van der Waals surface area (Å²) in [6, 6.07) is 2.35. The molecular formula is C32H43N3O4. The van der Waals surface area contributed by atoms with Crippen LogP contribution in [-0.4, -0.2) is 28.8 Å². The Morgan fingerprint density at radius 2 is 1.36 bits per heavy atom. The minimum atomic E-state index is -0.874. The molecule has 0 aliphatic heterocycles. The van der Waals surface area contributed by atoms with Crippen molar-refractivity contribution in [2.45, 2.75) is 77.7 Å². The van der Waals surface area contributed by atoms with Crippen LogP contribution in [0.15, 0.2) is 97.4 Å². The van der Waals surface area contributed by atoms with Crippen LogP contribution in [0.25, 0.3) is 0 Å². The first kappa shape index (κ1) is 33.0. The van der Waals surface area contributed by atoms with Gasteiger partial charge in [0.1, 0.15) is 6.04 Å². The number of nitrogens with zero attached hydrogens (tertiary/aromatic N) is 1. The topological polar surface area (TPSA) is 97.4 Å². The maximum atomic E-state index is 12.2. The van der Waals surface area contributed by atoms with Crippen LogP contribution in [0.4, 0.5) is 0 Å². The molecule has 1 atom stereocenters. The van der Waals surface area contributed by atoms with E-state index in [9.17, 15) is 14.4 Å². The molecule has 0 saturated carbocycles. The van der Waals surface area contributed by atoms with Gasteiger partial charge in [0.2, 0.25) is 0 Å². The highest BCUT2D eigenvalue weighted by molar-refractivity contribution is 5.96. The minimum absolute atomic E-state index is 0.189. The number of amides is 2. The lowest BCUT2D eigenvalue weighted by molar-refractivity contribution is -0.160. The molecule has 7 nitrogen and oxygen atoms in total. The molecule has 1 heterocycles. The van der Waals surface area contributed by atoms with Crippen LogP contribution >= 0.6 is 0 Å². The zero-order valence-corrected chi connectivity index (χ0v) is 23.3. The van der Waals surface area contributed by atoms with Gasteiger partial charge in [0.05, 0.1) is 5.56 Å². The lowest BCUT2D eigenvalue weighted by atomic mass is 10.2. The molecule has 0 aliphatic carbocycles. The second kappa shape index (κ2) is 23.1. The number of pyridine rings is 1. The van der Waals surface area contributed by atoms with E-state index in [0.29, 0.717) is 18.4 Å². The van der Waals surface area contributed by atoms with E-state index in [1.54, 1.807) is 25.3 Å². The van der Waals surface area contributed by atoms with Crippen molar-refractivity contribution in [1.82, 2.24) is 15.8 Å². The molecule has 0 aliphatic rings. The Balaban J connectivity index is 2.11. The molecule has 0 spiro atoms. The maximum Gasteiger partial charge on any atom is 0.354 e. The van der Waals surface area contributed by atoms with Crippen LogP contribution in [0.2, 0.25) is 0 Å². The van der Waals surface area contributed by atoms with Gasteiger partial charge in [-0.25, -0.2) is 4.79 Å². The second-order valence-electron chi connectivity index (χ2n) is 8.58. The van der Waals surface area contributed by atoms with E-state index in [1.165, 1.54) is 6.20 Å². The highest BCUT2D eigenvalue weighted by Gasteiger charge is 2.22. The van der Waals surface area contributed by atoms with Gasteiger partial charge < -0.3 is 10.2 Å². The van der Waals surface area contributed by atoms with Crippen molar-refractivity contribution < 1.29 is 19.2 Å². The van der Waals surface area contributed by atoms with E-state index >= 15 is 0 Å². The summed E-state index contributed by atoms with van der Waals surface area (Å²) in [5, 5.41) is 2.58. The Morgan fingerprint density at radius 1 is 0.821 bits per heavy atom. The molecule has 0 bridgehead atoms. The fourth-order valence-corrected chi connectivity index (χ4v) is 3.15. The zero-order valence-electron chi connectivity index (χ0n) is 23.3. The number of carbonyl (C=O) groups excluding carboxylic acids is 3. The number of rotatable bonds is 18. The Labute approximate surface area is 233 Å². The molecule has 7 heteroatoms. The lowest BCUT2D eigenvalue weighted by Gasteiger charge is -2.15.